The molecule has 1 amide bonds. The minimum Gasteiger partial charge on any atom is -0.477 e. The van der Waals surface area contributed by atoms with E-state index in [1.165, 1.54) is 12.3 Å². The van der Waals surface area contributed by atoms with Gasteiger partial charge in [0.25, 0.3) is 0 Å². The third-order valence-electron chi connectivity index (χ3n) is 2.25. The molecule has 20 heavy (non-hydrogen) atoms. The number of hydrogen-bond acceptors (Lipinski definition) is 5. The van der Waals surface area contributed by atoms with E-state index in [2.05, 4.69) is 10.0 Å². The van der Waals surface area contributed by atoms with Crippen molar-refractivity contribution >= 4 is 33.2 Å². The summed E-state index contributed by atoms with van der Waals surface area (Å²) in [6.45, 7) is 4.94. The third kappa shape index (κ3) is 4.29. The number of amides is 1. The molecule has 112 valence electrons. The maximum absolute atomic E-state index is 12.0. The van der Waals surface area contributed by atoms with Crippen LogP contribution in [0.3, 0.4) is 0 Å². The Morgan fingerprint density at radius 2 is 1.90 bits per heavy atom. The molecule has 0 fully saturated rings. The average Bonchev–Trinajstić information content (AvgIpc) is 2.77. The van der Waals surface area contributed by atoms with Gasteiger partial charge in [0.05, 0.1) is 10.9 Å². The Morgan fingerprint density at radius 3 is 2.35 bits per heavy atom. The predicted octanol–water partition coefficient (Wildman–Crippen LogP) is 0.638. The number of sulfonamides is 1. The number of hydrogen-bond donors (Lipinski definition) is 3. The van der Waals surface area contributed by atoms with Gasteiger partial charge in [0.1, 0.15) is 4.88 Å². The van der Waals surface area contributed by atoms with Gasteiger partial charge in [0, 0.05) is 11.4 Å². The fourth-order valence-electron chi connectivity index (χ4n) is 1.34. The van der Waals surface area contributed by atoms with Crippen molar-refractivity contribution in [2.45, 2.75) is 37.8 Å². The van der Waals surface area contributed by atoms with E-state index in [9.17, 15) is 18.0 Å². The summed E-state index contributed by atoms with van der Waals surface area (Å²) >= 11 is 0.811. The van der Waals surface area contributed by atoms with E-state index >= 15 is 0 Å². The van der Waals surface area contributed by atoms with Crippen LogP contribution in [0.25, 0.3) is 0 Å². The molecule has 1 heterocycles. The normalized spacial score (nSPS) is 13.2. The molecule has 0 saturated carbocycles. The highest BCUT2D eigenvalue weighted by molar-refractivity contribution is 7.89. The third-order valence-corrected chi connectivity index (χ3v) is 4.84. The second kappa shape index (κ2) is 6.33. The summed E-state index contributed by atoms with van der Waals surface area (Å²) in [7, 11) is -3.92. The number of carbonyl (C=O) groups is 2. The summed E-state index contributed by atoms with van der Waals surface area (Å²) in [5, 5.41) is 12.6. The molecule has 7 nitrogen and oxygen atoms in total. The number of carboxylic acids is 1. The molecule has 9 heteroatoms. The average molecular weight is 320 g/mol. The lowest BCUT2D eigenvalue weighted by molar-refractivity contribution is -0.122. The standard InChI is InChI=1S/C11H16N2O5S2/c1-6(2)12-10(14)7(3)13-20(17,18)8-4-9(11(15)16)19-5-8/h4-7,13H,1-3H3,(H,12,14)(H,15,16). The minimum absolute atomic E-state index is 0.0790. The molecule has 0 aliphatic rings. The molecule has 0 spiro atoms. The van der Waals surface area contributed by atoms with Crippen LogP contribution in [0.2, 0.25) is 0 Å². The molecule has 0 aliphatic carbocycles. The van der Waals surface area contributed by atoms with Gasteiger partial charge >= 0.3 is 5.97 Å². The monoisotopic (exact) mass is 320 g/mol. The zero-order chi connectivity index (χ0) is 15.5. The van der Waals surface area contributed by atoms with Crippen molar-refractivity contribution in [2.24, 2.45) is 0 Å². The van der Waals surface area contributed by atoms with Crippen LogP contribution in [0.15, 0.2) is 16.3 Å². The van der Waals surface area contributed by atoms with E-state index in [0.29, 0.717) is 0 Å². The van der Waals surface area contributed by atoms with Gasteiger partial charge in [-0.1, -0.05) is 0 Å². The lowest BCUT2D eigenvalue weighted by Gasteiger charge is -2.15. The molecule has 0 aromatic carbocycles. The summed E-state index contributed by atoms with van der Waals surface area (Å²) in [6.07, 6.45) is 0. The van der Waals surface area contributed by atoms with Gasteiger partial charge in [0.15, 0.2) is 0 Å². The van der Waals surface area contributed by atoms with Gasteiger partial charge < -0.3 is 10.4 Å². The van der Waals surface area contributed by atoms with E-state index in [-0.39, 0.29) is 15.8 Å². The van der Waals surface area contributed by atoms with Crippen molar-refractivity contribution < 1.29 is 23.1 Å². The molecule has 0 saturated heterocycles. The van der Waals surface area contributed by atoms with E-state index < -0.39 is 27.9 Å². The van der Waals surface area contributed by atoms with Crippen LogP contribution in [0.4, 0.5) is 0 Å². The first kappa shape index (κ1) is 16.6. The Labute approximate surface area is 121 Å². The van der Waals surface area contributed by atoms with Crippen LogP contribution in [-0.4, -0.2) is 37.5 Å². The van der Waals surface area contributed by atoms with Crippen LogP contribution in [0.1, 0.15) is 30.4 Å². The van der Waals surface area contributed by atoms with Crippen molar-refractivity contribution in [3.63, 3.8) is 0 Å². The van der Waals surface area contributed by atoms with Crippen LogP contribution >= 0.6 is 11.3 Å². The minimum atomic E-state index is -3.92. The maximum Gasteiger partial charge on any atom is 0.345 e. The topological polar surface area (TPSA) is 113 Å². The Morgan fingerprint density at radius 1 is 1.30 bits per heavy atom. The Bertz CT molecular complexity index is 606. The summed E-state index contributed by atoms with van der Waals surface area (Å²) in [4.78, 5) is 22.1. The molecule has 1 aromatic rings. The van der Waals surface area contributed by atoms with Crippen molar-refractivity contribution in [3.8, 4) is 0 Å². The highest BCUT2D eigenvalue weighted by Gasteiger charge is 2.24. The molecule has 3 N–H and O–H groups in total. The van der Waals surface area contributed by atoms with E-state index in [0.717, 1.165) is 17.4 Å². The van der Waals surface area contributed by atoms with Crippen LogP contribution < -0.4 is 10.0 Å². The molecule has 0 radical (unpaired) electrons. The Balaban J connectivity index is 2.83. The number of carboxylic acid groups (broad SMARTS) is 1. The fourth-order valence-corrected chi connectivity index (χ4v) is 3.65. The molecule has 1 aromatic heterocycles. The molecule has 1 atom stereocenters. The first-order valence-corrected chi connectivity index (χ1v) is 8.14. The Kier molecular flexibility index (Phi) is 5.26. The number of carbonyl (C=O) groups excluding carboxylic acids is 1. The van der Waals surface area contributed by atoms with Crippen LogP contribution in [-0.2, 0) is 14.8 Å². The quantitative estimate of drug-likeness (QED) is 0.712. The van der Waals surface area contributed by atoms with E-state index in [4.69, 9.17) is 5.11 Å². The lowest BCUT2D eigenvalue weighted by Crippen LogP contribution is -2.46. The van der Waals surface area contributed by atoms with Gasteiger partial charge in [-0.3, -0.25) is 4.79 Å². The number of aromatic carboxylic acids is 1. The second-order valence-corrected chi connectivity index (χ2v) is 7.08. The molecule has 0 bridgehead atoms. The molecular formula is C11H16N2O5S2. The first-order valence-electron chi connectivity index (χ1n) is 5.78. The SMILES string of the molecule is CC(C)NC(=O)C(C)NS(=O)(=O)c1csc(C(=O)O)c1. The summed E-state index contributed by atoms with van der Waals surface area (Å²) in [5.74, 6) is -1.64. The zero-order valence-electron chi connectivity index (χ0n) is 11.2. The molecule has 1 unspecified atom stereocenters. The number of thiophene rings is 1. The predicted molar refractivity (Wildman–Crippen MR) is 74.3 cm³/mol. The number of nitrogens with one attached hydrogen (secondary N) is 2. The van der Waals surface area contributed by atoms with Gasteiger partial charge in [-0.2, -0.15) is 4.72 Å². The number of rotatable bonds is 6. The van der Waals surface area contributed by atoms with Crippen molar-refractivity contribution in [1.29, 1.82) is 0 Å². The highest BCUT2D eigenvalue weighted by Crippen LogP contribution is 2.19. The molecule has 0 aliphatic heterocycles. The second-order valence-electron chi connectivity index (χ2n) is 4.46. The maximum atomic E-state index is 12.0. The fraction of sp³-hybridized carbons (Fsp3) is 0.455. The zero-order valence-corrected chi connectivity index (χ0v) is 12.8. The van der Waals surface area contributed by atoms with Gasteiger partial charge in [0.2, 0.25) is 15.9 Å². The highest BCUT2D eigenvalue weighted by atomic mass is 32.2. The lowest BCUT2D eigenvalue weighted by atomic mass is 10.3. The van der Waals surface area contributed by atoms with Crippen molar-refractivity contribution in [2.75, 3.05) is 0 Å². The van der Waals surface area contributed by atoms with Crippen LogP contribution in [0, 0.1) is 0 Å². The van der Waals surface area contributed by atoms with Gasteiger partial charge in [-0.15, -0.1) is 11.3 Å². The summed E-state index contributed by atoms with van der Waals surface area (Å²) in [6, 6.07) is 0.00682. The smallest absolute Gasteiger partial charge is 0.345 e. The Hall–Kier alpha value is -1.45. The van der Waals surface area contributed by atoms with Gasteiger partial charge in [-0.25, -0.2) is 13.2 Å². The molecule has 1 rings (SSSR count). The van der Waals surface area contributed by atoms with Crippen molar-refractivity contribution in [3.05, 3.63) is 16.3 Å². The largest absolute Gasteiger partial charge is 0.477 e. The van der Waals surface area contributed by atoms with E-state index in [1.807, 2.05) is 0 Å². The van der Waals surface area contributed by atoms with Gasteiger partial charge in [-0.05, 0) is 26.8 Å². The summed E-state index contributed by atoms with van der Waals surface area (Å²) < 4.78 is 26.2. The first-order chi connectivity index (χ1) is 9.13. The summed E-state index contributed by atoms with van der Waals surface area (Å²) in [5.41, 5.74) is 0. The van der Waals surface area contributed by atoms with E-state index in [1.54, 1.807) is 13.8 Å². The van der Waals surface area contributed by atoms with Crippen molar-refractivity contribution in [1.82, 2.24) is 10.0 Å². The molecular weight excluding hydrogens is 304 g/mol. The van der Waals surface area contributed by atoms with Crippen LogP contribution in [0.5, 0.6) is 0 Å².